The smallest absolute Gasteiger partial charge is 0.0453 e. The summed E-state index contributed by atoms with van der Waals surface area (Å²) >= 11 is 0. The van der Waals surface area contributed by atoms with E-state index < -0.39 is 0 Å². The van der Waals surface area contributed by atoms with Crippen LogP contribution < -0.4 is 5.73 Å². The van der Waals surface area contributed by atoms with E-state index in [0.717, 1.165) is 17.8 Å². The number of hydrogen-bond acceptors (Lipinski definition) is 1. The number of aromatic nitrogens is 1. The first-order chi connectivity index (χ1) is 10.1. The molecule has 1 unspecified atom stereocenters. The minimum absolute atomic E-state index is 0.294. The topological polar surface area (TPSA) is 30.9 Å². The molecule has 2 heteroatoms. The van der Waals surface area contributed by atoms with Crippen molar-refractivity contribution in [2.24, 2.45) is 23.5 Å². The molecule has 0 aromatic carbocycles. The highest BCUT2D eigenvalue weighted by molar-refractivity contribution is 5.35. The molecule has 5 aliphatic carbocycles. The van der Waals surface area contributed by atoms with Gasteiger partial charge in [-0.2, -0.15) is 0 Å². The van der Waals surface area contributed by atoms with Crippen LogP contribution in [-0.2, 0) is 12.0 Å². The maximum absolute atomic E-state index is 6.41. The molecule has 1 aromatic rings. The van der Waals surface area contributed by atoms with Crippen molar-refractivity contribution >= 4 is 0 Å². The van der Waals surface area contributed by atoms with E-state index in [2.05, 4.69) is 17.6 Å². The molecule has 0 radical (unpaired) electrons. The highest BCUT2D eigenvalue weighted by Gasteiger charge is 2.52. The second kappa shape index (κ2) is 4.16. The third-order valence-corrected chi connectivity index (χ3v) is 7.13. The van der Waals surface area contributed by atoms with Crippen LogP contribution >= 0.6 is 0 Å². The van der Waals surface area contributed by atoms with E-state index in [1.807, 2.05) is 0 Å². The molecule has 0 spiro atoms. The fourth-order valence-corrected chi connectivity index (χ4v) is 6.94. The summed E-state index contributed by atoms with van der Waals surface area (Å²) in [5, 5.41) is 0. The van der Waals surface area contributed by atoms with Crippen molar-refractivity contribution in [1.29, 1.82) is 0 Å². The highest BCUT2D eigenvalue weighted by atomic mass is 15.1. The van der Waals surface area contributed by atoms with Gasteiger partial charge < -0.3 is 10.3 Å². The zero-order valence-electron chi connectivity index (χ0n) is 13.3. The van der Waals surface area contributed by atoms with E-state index in [0.29, 0.717) is 11.6 Å². The number of nitrogens with zero attached hydrogens (tertiary/aromatic N) is 1. The number of fused-ring (bicyclic) bond motifs is 1. The number of hydrogen-bond donors (Lipinski definition) is 1. The Hall–Kier alpha value is -0.760. The Morgan fingerprint density at radius 2 is 1.71 bits per heavy atom. The van der Waals surface area contributed by atoms with Gasteiger partial charge in [0.05, 0.1) is 0 Å². The Labute approximate surface area is 128 Å². The Morgan fingerprint density at radius 1 is 1.10 bits per heavy atom. The molecule has 0 aliphatic heterocycles. The highest BCUT2D eigenvalue weighted by Crippen LogP contribution is 2.59. The fourth-order valence-electron chi connectivity index (χ4n) is 6.94. The molecule has 0 saturated heterocycles. The first kappa shape index (κ1) is 12.8. The van der Waals surface area contributed by atoms with Crippen LogP contribution in [0.3, 0.4) is 0 Å². The molecule has 114 valence electrons. The molecule has 1 aromatic heterocycles. The first-order valence-electron chi connectivity index (χ1n) is 9.12. The largest absolute Gasteiger partial charge is 0.343 e. The first-order valence-corrected chi connectivity index (χ1v) is 9.12. The molecule has 4 fully saturated rings. The van der Waals surface area contributed by atoms with E-state index in [9.17, 15) is 0 Å². The van der Waals surface area contributed by atoms with Gasteiger partial charge in [-0.05, 0) is 94.1 Å². The van der Waals surface area contributed by atoms with Crippen molar-refractivity contribution in [1.82, 2.24) is 4.57 Å². The molecular formula is C19H28N2. The Kier molecular flexibility index (Phi) is 2.52. The Bertz CT molecular complexity index is 547. The summed E-state index contributed by atoms with van der Waals surface area (Å²) < 4.78 is 2.81. The molecule has 0 amide bonds. The van der Waals surface area contributed by atoms with E-state index >= 15 is 0 Å². The molecule has 21 heavy (non-hydrogen) atoms. The van der Waals surface area contributed by atoms with Gasteiger partial charge in [0.25, 0.3) is 0 Å². The maximum Gasteiger partial charge on any atom is 0.0453 e. The molecule has 2 nitrogen and oxygen atoms in total. The molecular weight excluding hydrogens is 256 g/mol. The quantitative estimate of drug-likeness (QED) is 0.828. The van der Waals surface area contributed by atoms with Crippen molar-refractivity contribution in [2.75, 3.05) is 0 Å². The zero-order chi connectivity index (χ0) is 14.2. The third kappa shape index (κ3) is 1.69. The molecule has 4 saturated carbocycles. The molecule has 2 N–H and O–H groups in total. The minimum Gasteiger partial charge on any atom is -0.343 e. The molecule has 5 aliphatic rings. The number of rotatable bonds is 1. The van der Waals surface area contributed by atoms with Crippen LogP contribution in [0, 0.1) is 24.7 Å². The van der Waals surface area contributed by atoms with Crippen LogP contribution in [0.5, 0.6) is 0 Å². The van der Waals surface area contributed by atoms with Gasteiger partial charge in [0, 0.05) is 23.0 Å². The number of nitrogens with two attached hydrogens (primary N) is 1. The number of aryl methyl sites for hydroxylation is 1. The predicted molar refractivity (Wildman–Crippen MR) is 85.2 cm³/mol. The second-order valence-corrected chi connectivity index (χ2v) is 8.66. The fraction of sp³-hybridized carbons (Fsp3) is 0.789. The van der Waals surface area contributed by atoms with Gasteiger partial charge in [0.1, 0.15) is 0 Å². The van der Waals surface area contributed by atoms with Crippen molar-refractivity contribution in [3.05, 3.63) is 23.0 Å². The Morgan fingerprint density at radius 3 is 2.33 bits per heavy atom. The van der Waals surface area contributed by atoms with E-state index in [-0.39, 0.29) is 0 Å². The van der Waals surface area contributed by atoms with Gasteiger partial charge in [0.2, 0.25) is 0 Å². The van der Waals surface area contributed by atoms with E-state index in [1.54, 1.807) is 5.69 Å². The molecule has 6 rings (SSSR count). The van der Waals surface area contributed by atoms with Crippen molar-refractivity contribution < 1.29 is 0 Å². The summed E-state index contributed by atoms with van der Waals surface area (Å²) in [6.07, 6.45) is 12.7. The van der Waals surface area contributed by atoms with Gasteiger partial charge >= 0.3 is 0 Å². The average Bonchev–Trinajstić information content (AvgIpc) is 2.75. The predicted octanol–water partition coefficient (Wildman–Crippen LogP) is 4.06. The van der Waals surface area contributed by atoms with Gasteiger partial charge in [-0.15, -0.1) is 0 Å². The lowest BCUT2D eigenvalue weighted by molar-refractivity contribution is -0.0452. The van der Waals surface area contributed by atoms with Crippen LogP contribution in [0.1, 0.15) is 74.4 Å². The molecule has 1 heterocycles. The molecule has 1 atom stereocenters. The van der Waals surface area contributed by atoms with Gasteiger partial charge in [-0.1, -0.05) is 0 Å². The third-order valence-electron chi connectivity index (χ3n) is 7.13. The monoisotopic (exact) mass is 284 g/mol. The van der Waals surface area contributed by atoms with E-state index in [1.165, 1.54) is 69.0 Å². The van der Waals surface area contributed by atoms with Crippen molar-refractivity contribution in [3.63, 3.8) is 0 Å². The van der Waals surface area contributed by atoms with Crippen LogP contribution in [0.2, 0.25) is 0 Å². The lowest BCUT2D eigenvalue weighted by Crippen LogP contribution is -2.52. The molecule has 4 bridgehead atoms. The summed E-state index contributed by atoms with van der Waals surface area (Å²) in [6.45, 7) is 2.34. The summed E-state index contributed by atoms with van der Waals surface area (Å²) in [5.74, 6) is 3.06. The van der Waals surface area contributed by atoms with Gasteiger partial charge in [0.15, 0.2) is 0 Å². The van der Waals surface area contributed by atoms with Crippen LogP contribution in [-0.4, -0.2) is 4.57 Å². The maximum atomic E-state index is 6.41. The Balaban J connectivity index is 1.64. The normalized spacial score (nSPS) is 44.1. The van der Waals surface area contributed by atoms with Gasteiger partial charge in [-0.25, -0.2) is 0 Å². The summed E-state index contributed by atoms with van der Waals surface area (Å²) in [5.41, 5.74) is 11.5. The lowest BCUT2D eigenvalue weighted by atomic mass is 9.52. The summed E-state index contributed by atoms with van der Waals surface area (Å²) in [7, 11) is 0. The minimum atomic E-state index is 0.294. The van der Waals surface area contributed by atoms with Crippen molar-refractivity contribution in [2.45, 2.75) is 76.3 Å². The van der Waals surface area contributed by atoms with Crippen LogP contribution in [0.15, 0.2) is 6.07 Å². The standard InChI is InChI=1S/C19H28N2/c1-12-5-16-17(20)3-2-4-18(16)21(12)19-9-13-6-14(10-19)8-15(7-13)11-19/h5,13-15,17H,2-4,6-11,20H2,1H3. The van der Waals surface area contributed by atoms with E-state index in [4.69, 9.17) is 5.73 Å². The summed E-state index contributed by atoms with van der Waals surface area (Å²) in [6, 6.07) is 2.72. The average molecular weight is 284 g/mol. The van der Waals surface area contributed by atoms with Crippen LogP contribution in [0.25, 0.3) is 0 Å². The second-order valence-electron chi connectivity index (χ2n) is 8.66. The van der Waals surface area contributed by atoms with Gasteiger partial charge in [-0.3, -0.25) is 0 Å². The SMILES string of the molecule is Cc1cc2c(n1C13CC4CC(CC(C4)C1)C3)CCCC2N. The van der Waals surface area contributed by atoms with Crippen molar-refractivity contribution in [3.8, 4) is 0 Å². The van der Waals surface area contributed by atoms with Crippen LogP contribution in [0.4, 0.5) is 0 Å². The summed E-state index contributed by atoms with van der Waals surface area (Å²) in [4.78, 5) is 0. The lowest BCUT2D eigenvalue weighted by Gasteiger charge is -2.58. The zero-order valence-corrected chi connectivity index (χ0v) is 13.3.